The summed E-state index contributed by atoms with van der Waals surface area (Å²) in [6.07, 6.45) is 0. The molecular formula is C81H48. The zero-order valence-corrected chi connectivity index (χ0v) is 44.2. The van der Waals surface area contributed by atoms with Gasteiger partial charge in [0, 0.05) is 0 Å². The molecule has 0 unspecified atom stereocenters. The van der Waals surface area contributed by atoms with Crippen LogP contribution in [0.2, 0.25) is 0 Å². The molecule has 372 valence electrons. The van der Waals surface area contributed by atoms with Crippen molar-refractivity contribution in [3.63, 3.8) is 0 Å². The molecule has 0 radical (unpaired) electrons. The van der Waals surface area contributed by atoms with Crippen LogP contribution in [0.25, 0.3) is 153 Å². The van der Waals surface area contributed by atoms with E-state index in [9.17, 15) is 0 Å². The minimum atomic E-state index is -0.755. The number of rotatable bonds is 4. The first-order valence-corrected chi connectivity index (χ1v) is 28.4. The van der Waals surface area contributed by atoms with Crippen LogP contribution >= 0.6 is 0 Å². The highest BCUT2D eigenvalue weighted by Crippen LogP contribution is 2.65. The Morgan fingerprint density at radius 3 is 0.519 bits per heavy atom. The summed E-state index contributed by atoms with van der Waals surface area (Å²) >= 11 is 0. The Balaban J connectivity index is 1.01. The van der Waals surface area contributed by atoms with Crippen LogP contribution in [0, 0.1) is 0 Å². The molecule has 2 aliphatic rings. The minimum Gasteiger partial charge on any atom is -0.0616 e. The molecule has 0 heterocycles. The number of benzene rings is 16. The molecule has 0 N–H and O–H groups in total. The van der Waals surface area contributed by atoms with Crippen molar-refractivity contribution < 1.29 is 0 Å². The molecule has 16 aromatic carbocycles. The van der Waals surface area contributed by atoms with Crippen molar-refractivity contribution in [1.29, 1.82) is 0 Å². The largest absolute Gasteiger partial charge is 0.0726 e. The van der Waals surface area contributed by atoms with Crippen LogP contribution in [0.5, 0.6) is 0 Å². The fraction of sp³-hybridized carbons (Fsp3) is 0.0123. The quantitative estimate of drug-likeness (QED) is 0.154. The Bertz CT molecular complexity index is 4520. The van der Waals surface area contributed by atoms with Crippen molar-refractivity contribution in [2.45, 2.75) is 5.41 Å². The monoisotopic (exact) mass is 1020 g/mol. The predicted molar refractivity (Wildman–Crippen MR) is 345 cm³/mol. The zero-order chi connectivity index (χ0) is 52.9. The number of hydrogen-bond acceptors (Lipinski definition) is 0. The van der Waals surface area contributed by atoms with Crippen LogP contribution in [-0.2, 0) is 5.41 Å². The van der Waals surface area contributed by atoms with Crippen molar-refractivity contribution in [1.82, 2.24) is 0 Å². The smallest absolute Gasteiger partial charge is 0.0616 e. The molecule has 0 bridgehead atoms. The van der Waals surface area contributed by atoms with Gasteiger partial charge in [-0.05, 0) is 224 Å². The second-order valence-corrected chi connectivity index (χ2v) is 22.6. The fourth-order valence-electron chi connectivity index (χ4n) is 15.1. The van der Waals surface area contributed by atoms with Gasteiger partial charge in [-0.15, -0.1) is 0 Å². The van der Waals surface area contributed by atoms with E-state index in [-0.39, 0.29) is 0 Å². The minimum absolute atomic E-state index is 0.755. The van der Waals surface area contributed by atoms with Crippen molar-refractivity contribution in [2.75, 3.05) is 0 Å². The van der Waals surface area contributed by atoms with E-state index >= 15 is 0 Å². The molecule has 2 aliphatic carbocycles. The Hall–Kier alpha value is -10.4. The molecule has 0 heteroatoms. The van der Waals surface area contributed by atoms with E-state index in [0.29, 0.717) is 0 Å². The van der Waals surface area contributed by atoms with E-state index in [0.717, 1.165) is 0 Å². The average Bonchev–Trinajstić information content (AvgIpc) is 3.11. The van der Waals surface area contributed by atoms with E-state index in [1.54, 1.807) is 0 Å². The summed E-state index contributed by atoms with van der Waals surface area (Å²) in [6, 6.07) is 111. The summed E-state index contributed by atoms with van der Waals surface area (Å²) in [5.41, 5.74) is 19.5. The van der Waals surface area contributed by atoms with Gasteiger partial charge in [-0.2, -0.15) is 0 Å². The Labute approximate surface area is 469 Å². The van der Waals surface area contributed by atoms with Gasteiger partial charge in [0.05, 0.1) is 5.41 Å². The Morgan fingerprint density at radius 2 is 0.333 bits per heavy atom. The summed E-state index contributed by atoms with van der Waals surface area (Å²) in [5, 5.41) is 20.0. The normalized spacial score (nSPS) is 13.0. The topological polar surface area (TPSA) is 0 Å². The first-order valence-electron chi connectivity index (χ1n) is 28.4. The molecule has 0 aliphatic heterocycles. The summed E-state index contributed by atoms with van der Waals surface area (Å²) < 4.78 is 0. The van der Waals surface area contributed by atoms with Gasteiger partial charge in [-0.3, -0.25) is 0 Å². The van der Waals surface area contributed by atoms with Crippen LogP contribution < -0.4 is 0 Å². The number of hydrogen-bond donors (Lipinski definition) is 0. The molecule has 0 amide bonds. The van der Waals surface area contributed by atoms with Crippen LogP contribution in [0.1, 0.15) is 22.3 Å². The van der Waals surface area contributed by atoms with E-state index < -0.39 is 5.41 Å². The Morgan fingerprint density at radius 1 is 0.160 bits per heavy atom. The van der Waals surface area contributed by atoms with Crippen LogP contribution in [0.3, 0.4) is 0 Å². The second kappa shape index (κ2) is 16.8. The van der Waals surface area contributed by atoms with E-state index in [1.165, 1.54) is 175 Å². The average molecular weight is 1020 g/mol. The van der Waals surface area contributed by atoms with Gasteiger partial charge in [-0.1, -0.05) is 243 Å². The molecule has 81 heavy (non-hydrogen) atoms. The van der Waals surface area contributed by atoms with Crippen LogP contribution in [-0.4, -0.2) is 0 Å². The molecule has 0 fully saturated rings. The first kappa shape index (κ1) is 44.6. The lowest BCUT2D eigenvalue weighted by Gasteiger charge is -2.32. The highest BCUT2D eigenvalue weighted by molar-refractivity contribution is 6.18. The molecule has 0 saturated heterocycles. The standard InChI is InChI=1S/C81H48/c1-9-25-61-49(17-1)41-50-18-2-10-26-62(50)77(61)57-33-37-69-70-38-34-58(78-63-27-11-3-19-51(63)42-52-20-4-12-28-64(52)78)46-74(70)81(73(69)45-57)75-47-59(79-65-29-13-5-21-53(65)43-54-22-6-14-30-66(54)79)35-39-71(75)72-40-36-60(48-76(72)81)80-67-31-15-7-23-55(67)44-56-24-8-16-32-68(56)80/h1-48H. The summed E-state index contributed by atoms with van der Waals surface area (Å²) in [5.74, 6) is 0. The van der Waals surface area contributed by atoms with Crippen molar-refractivity contribution >= 4 is 86.2 Å². The maximum atomic E-state index is 2.61. The van der Waals surface area contributed by atoms with E-state index in [1.807, 2.05) is 0 Å². The lowest BCUT2D eigenvalue weighted by molar-refractivity contribution is 0.795. The second-order valence-electron chi connectivity index (χ2n) is 22.6. The summed E-state index contributed by atoms with van der Waals surface area (Å²) in [7, 11) is 0. The lowest BCUT2D eigenvalue weighted by atomic mass is 9.69. The molecule has 0 nitrogen and oxygen atoms in total. The van der Waals surface area contributed by atoms with Gasteiger partial charge < -0.3 is 0 Å². The molecule has 0 atom stereocenters. The Kier molecular flexibility index (Phi) is 9.25. The first-order chi connectivity index (χ1) is 40.2. The van der Waals surface area contributed by atoms with Crippen molar-refractivity contribution in [3.05, 3.63) is 313 Å². The van der Waals surface area contributed by atoms with Gasteiger partial charge >= 0.3 is 0 Å². The number of fused-ring (bicyclic) bond motifs is 18. The molecular weight excluding hydrogens is 973 g/mol. The third kappa shape index (κ3) is 6.25. The van der Waals surface area contributed by atoms with Gasteiger partial charge in [0.1, 0.15) is 0 Å². The van der Waals surface area contributed by atoms with Gasteiger partial charge in [0.25, 0.3) is 0 Å². The third-order valence-corrected chi connectivity index (χ3v) is 18.5. The van der Waals surface area contributed by atoms with Crippen molar-refractivity contribution in [3.8, 4) is 66.8 Å². The summed E-state index contributed by atoms with van der Waals surface area (Å²) in [6.45, 7) is 0. The molecule has 0 saturated carbocycles. The molecule has 1 spiro atoms. The van der Waals surface area contributed by atoms with Crippen LogP contribution in [0.15, 0.2) is 291 Å². The molecule has 0 aromatic heterocycles. The van der Waals surface area contributed by atoms with E-state index in [2.05, 4.69) is 291 Å². The van der Waals surface area contributed by atoms with Crippen molar-refractivity contribution in [2.24, 2.45) is 0 Å². The SMILES string of the molecule is c1ccc2c(-c3ccc4c(c3)C3(c5cc(-c6c7ccccc7cc7ccccc67)ccc5-4)c4cc(-c5c6ccccc6cc6ccccc56)ccc4-c4ccc(-c5c6ccccc6cc6ccccc56)cc43)c3ccccc3cc2c1. The lowest BCUT2D eigenvalue weighted by Crippen LogP contribution is -2.26. The summed E-state index contributed by atoms with van der Waals surface area (Å²) in [4.78, 5) is 0. The predicted octanol–water partition coefficient (Wildman–Crippen LogP) is 21.9. The highest BCUT2D eigenvalue weighted by atomic mass is 14.5. The molecule has 18 rings (SSSR count). The fourth-order valence-corrected chi connectivity index (χ4v) is 15.1. The maximum absolute atomic E-state index is 2.61. The third-order valence-electron chi connectivity index (χ3n) is 18.5. The molecule has 16 aromatic rings. The van der Waals surface area contributed by atoms with Gasteiger partial charge in [0.15, 0.2) is 0 Å². The zero-order valence-electron chi connectivity index (χ0n) is 44.2. The van der Waals surface area contributed by atoms with Crippen LogP contribution in [0.4, 0.5) is 0 Å². The van der Waals surface area contributed by atoms with Gasteiger partial charge in [0.2, 0.25) is 0 Å². The maximum Gasteiger partial charge on any atom is 0.0726 e. The highest BCUT2D eigenvalue weighted by Gasteiger charge is 2.52. The van der Waals surface area contributed by atoms with E-state index in [4.69, 9.17) is 0 Å². The van der Waals surface area contributed by atoms with Gasteiger partial charge in [-0.25, -0.2) is 0 Å².